The van der Waals surface area contributed by atoms with Gasteiger partial charge in [0.2, 0.25) is 11.8 Å². The van der Waals surface area contributed by atoms with E-state index in [2.05, 4.69) is 16.0 Å². The molecule has 0 aromatic heterocycles. The van der Waals surface area contributed by atoms with Gasteiger partial charge in [-0.05, 0) is 42.2 Å². The van der Waals surface area contributed by atoms with Crippen LogP contribution in [-0.2, 0) is 16.0 Å². The highest BCUT2D eigenvalue weighted by Gasteiger charge is 2.26. The number of rotatable bonds is 9. The normalized spacial score (nSPS) is 12.7. The Kier molecular flexibility index (Phi) is 8.34. The van der Waals surface area contributed by atoms with E-state index in [1.165, 1.54) is 12.1 Å². The quantitative estimate of drug-likeness (QED) is 0.505. The SMILES string of the molecule is CC(C)C(NC(=O)Nc1ccccc1)C(=O)NCC(Cc1ccc(F)cc1)C(N)=O. The van der Waals surface area contributed by atoms with Gasteiger partial charge in [0.15, 0.2) is 0 Å². The molecule has 8 heteroatoms. The van der Waals surface area contributed by atoms with Gasteiger partial charge in [-0.2, -0.15) is 0 Å². The fourth-order valence-corrected chi connectivity index (χ4v) is 2.88. The van der Waals surface area contributed by atoms with Gasteiger partial charge in [0.1, 0.15) is 11.9 Å². The van der Waals surface area contributed by atoms with Crippen molar-refractivity contribution < 1.29 is 18.8 Å². The number of carbonyl (C=O) groups is 3. The molecule has 0 bridgehead atoms. The first kappa shape index (κ1) is 22.9. The Labute approximate surface area is 175 Å². The number of anilines is 1. The summed E-state index contributed by atoms with van der Waals surface area (Å²) in [7, 11) is 0. The summed E-state index contributed by atoms with van der Waals surface area (Å²) in [4.78, 5) is 36.7. The maximum absolute atomic E-state index is 13.1. The van der Waals surface area contributed by atoms with E-state index < -0.39 is 29.8 Å². The van der Waals surface area contributed by atoms with Gasteiger partial charge >= 0.3 is 6.03 Å². The lowest BCUT2D eigenvalue weighted by Gasteiger charge is -2.23. The van der Waals surface area contributed by atoms with Crippen molar-refractivity contribution in [3.05, 3.63) is 66.0 Å². The van der Waals surface area contributed by atoms with Gasteiger partial charge in [-0.3, -0.25) is 9.59 Å². The minimum atomic E-state index is -0.798. The molecule has 2 rings (SSSR count). The average Bonchev–Trinajstić information content (AvgIpc) is 2.70. The van der Waals surface area contributed by atoms with Crippen molar-refractivity contribution in [1.82, 2.24) is 10.6 Å². The molecule has 5 N–H and O–H groups in total. The fraction of sp³-hybridized carbons (Fsp3) is 0.318. The predicted octanol–water partition coefficient (Wildman–Crippen LogP) is 2.43. The van der Waals surface area contributed by atoms with Gasteiger partial charge in [-0.25, -0.2) is 9.18 Å². The zero-order chi connectivity index (χ0) is 22.1. The Morgan fingerprint density at radius 3 is 2.20 bits per heavy atom. The molecule has 7 nitrogen and oxygen atoms in total. The molecule has 0 heterocycles. The summed E-state index contributed by atoms with van der Waals surface area (Å²) in [6.07, 6.45) is 0.268. The largest absolute Gasteiger partial charge is 0.369 e. The van der Waals surface area contributed by atoms with E-state index in [-0.39, 0.29) is 24.7 Å². The maximum Gasteiger partial charge on any atom is 0.319 e. The third-order valence-corrected chi connectivity index (χ3v) is 4.59. The lowest BCUT2D eigenvalue weighted by Crippen LogP contribution is -2.52. The second-order valence-electron chi connectivity index (χ2n) is 7.36. The molecule has 2 aromatic carbocycles. The predicted molar refractivity (Wildman–Crippen MR) is 113 cm³/mol. The van der Waals surface area contributed by atoms with Gasteiger partial charge in [-0.1, -0.05) is 44.2 Å². The molecule has 2 unspecified atom stereocenters. The Morgan fingerprint density at radius 1 is 1.00 bits per heavy atom. The number of halogens is 1. The van der Waals surface area contributed by atoms with Crippen molar-refractivity contribution in [3.8, 4) is 0 Å². The molecular formula is C22H27FN4O3. The van der Waals surface area contributed by atoms with Crippen LogP contribution >= 0.6 is 0 Å². The molecule has 2 atom stereocenters. The summed E-state index contributed by atoms with van der Waals surface area (Å²) in [6, 6.07) is 13.3. The van der Waals surface area contributed by atoms with E-state index in [0.29, 0.717) is 5.69 Å². The van der Waals surface area contributed by atoms with Crippen LogP contribution in [0, 0.1) is 17.7 Å². The smallest absolute Gasteiger partial charge is 0.319 e. The van der Waals surface area contributed by atoms with E-state index >= 15 is 0 Å². The minimum absolute atomic E-state index is 0.0107. The van der Waals surface area contributed by atoms with Crippen molar-refractivity contribution in [2.24, 2.45) is 17.6 Å². The Balaban J connectivity index is 1.94. The van der Waals surface area contributed by atoms with Crippen LogP contribution in [0.15, 0.2) is 54.6 Å². The molecule has 0 spiro atoms. The number of primary amides is 1. The number of amides is 4. The topological polar surface area (TPSA) is 113 Å². The first-order chi connectivity index (χ1) is 14.3. The van der Waals surface area contributed by atoms with Crippen LogP contribution in [0.1, 0.15) is 19.4 Å². The molecule has 0 aliphatic carbocycles. The first-order valence-electron chi connectivity index (χ1n) is 9.70. The third-order valence-electron chi connectivity index (χ3n) is 4.59. The molecular weight excluding hydrogens is 387 g/mol. The molecule has 0 saturated carbocycles. The molecule has 2 aromatic rings. The fourth-order valence-electron chi connectivity index (χ4n) is 2.88. The number of para-hydroxylation sites is 1. The van der Waals surface area contributed by atoms with E-state index in [9.17, 15) is 18.8 Å². The molecule has 0 saturated heterocycles. The van der Waals surface area contributed by atoms with Crippen LogP contribution in [0.3, 0.4) is 0 Å². The molecule has 30 heavy (non-hydrogen) atoms. The Bertz CT molecular complexity index is 856. The summed E-state index contributed by atoms with van der Waals surface area (Å²) in [6.45, 7) is 3.62. The van der Waals surface area contributed by atoms with Crippen LogP contribution in [0.2, 0.25) is 0 Å². The molecule has 160 valence electrons. The van der Waals surface area contributed by atoms with Crippen LogP contribution in [-0.4, -0.2) is 30.4 Å². The van der Waals surface area contributed by atoms with Crippen LogP contribution in [0.4, 0.5) is 14.9 Å². The summed E-state index contributed by atoms with van der Waals surface area (Å²) >= 11 is 0. The highest BCUT2D eigenvalue weighted by molar-refractivity contribution is 5.94. The molecule has 0 aliphatic rings. The summed E-state index contributed by atoms with van der Waals surface area (Å²) in [5.41, 5.74) is 6.79. The van der Waals surface area contributed by atoms with Crippen molar-refractivity contribution in [2.75, 3.05) is 11.9 Å². The number of nitrogens with two attached hydrogens (primary N) is 1. The molecule has 4 amide bonds. The molecule has 0 aliphatic heterocycles. The van der Waals surface area contributed by atoms with E-state index in [1.54, 1.807) is 50.2 Å². The van der Waals surface area contributed by atoms with Crippen molar-refractivity contribution in [2.45, 2.75) is 26.3 Å². The monoisotopic (exact) mass is 414 g/mol. The third kappa shape index (κ3) is 7.20. The lowest BCUT2D eigenvalue weighted by molar-refractivity contribution is -0.125. The number of hydrogen-bond donors (Lipinski definition) is 4. The number of nitrogens with one attached hydrogen (secondary N) is 3. The summed E-state index contributed by atoms with van der Waals surface area (Å²) < 4.78 is 13.1. The molecule has 0 fully saturated rings. The average molecular weight is 414 g/mol. The maximum atomic E-state index is 13.1. The van der Waals surface area contributed by atoms with Gasteiger partial charge < -0.3 is 21.7 Å². The Hall–Kier alpha value is -3.42. The van der Waals surface area contributed by atoms with E-state index in [1.807, 2.05) is 6.07 Å². The van der Waals surface area contributed by atoms with Crippen LogP contribution < -0.4 is 21.7 Å². The van der Waals surface area contributed by atoms with E-state index in [4.69, 9.17) is 5.73 Å². The second-order valence-corrected chi connectivity index (χ2v) is 7.36. The number of urea groups is 1. The highest BCUT2D eigenvalue weighted by Crippen LogP contribution is 2.11. The van der Waals surface area contributed by atoms with Gasteiger partial charge in [0.25, 0.3) is 0 Å². The van der Waals surface area contributed by atoms with E-state index in [0.717, 1.165) is 5.56 Å². The summed E-state index contributed by atoms with van der Waals surface area (Å²) in [5, 5.41) is 8.01. The number of hydrogen-bond acceptors (Lipinski definition) is 3. The van der Waals surface area contributed by atoms with Crippen molar-refractivity contribution in [3.63, 3.8) is 0 Å². The number of benzene rings is 2. The van der Waals surface area contributed by atoms with Gasteiger partial charge in [0.05, 0.1) is 5.92 Å². The zero-order valence-corrected chi connectivity index (χ0v) is 17.0. The standard InChI is InChI=1S/C22H27FN4O3/c1-14(2)19(27-22(30)26-18-6-4-3-5-7-18)21(29)25-13-16(20(24)28)12-15-8-10-17(23)11-9-15/h3-11,14,16,19H,12-13H2,1-2H3,(H2,24,28)(H,25,29)(H2,26,27,30). The highest BCUT2D eigenvalue weighted by atomic mass is 19.1. The van der Waals surface area contributed by atoms with Crippen molar-refractivity contribution >= 4 is 23.5 Å². The second kappa shape index (κ2) is 10.9. The number of carbonyl (C=O) groups excluding carboxylic acids is 3. The summed E-state index contributed by atoms with van der Waals surface area (Å²) in [5.74, 6) is -2.21. The van der Waals surface area contributed by atoms with Crippen molar-refractivity contribution in [1.29, 1.82) is 0 Å². The zero-order valence-electron chi connectivity index (χ0n) is 17.0. The van der Waals surface area contributed by atoms with Gasteiger partial charge in [0, 0.05) is 12.2 Å². The molecule has 0 radical (unpaired) electrons. The lowest BCUT2D eigenvalue weighted by atomic mass is 9.98. The van der Waals surface area contributed by atoms with Crippen LogP contribution in [0.25, 0.3) is 0 Å². The first-order valence-corrected chi connectivity index (χ1v) is 9.70. The van der Waals surface area contributed by atoms with Gasteiger partial charge in [-0.15, -0.1) is 0 Å². The van der Waals surface area contributed by atoms with Crippen LogP contribution in [0.5, 0.6) is 0 Å². The Morgan fingerprint density at radius 2 is 1.63 bits per heavy atom. The minimum Gasteiger partial charge on any atom is -0.369 e.